The summed E-state index contributed by atoms with van der Waals surface area (Å²) in [6.07, 6.45) is 22.8. The molecule has 0 nitrogen and oxygen atoms in total. The van der Waals surface area contributed by atoms with Crippen LogP contribution in [0.15, 0.2) is 36.4 Å². The third kappa shape index (κ3) is 1.58. The van der Waals surface area contributed by atoms with Gasteiger partial charge in [-0.05, 0) is 44.5 Å². The summed E-state index contributed by atoms with van der Waals surface area (Å²) in [5.74, 6) is 10.9. The zero-order valence-corrected chi connectivity index (χ0v) is 12.8. The lowest BCUT2D eigenvalue weighted by molar-refractivity contribution is 1.67. The lowest BCUT2D eigenvalue weighted by atomic mass is 9.86. The summed E-state index contributed by atoms with van der Waals surface area (Å²) >= 11 is 0. The van der Waals surface area contributed by atoms with Gasteiger partial charge in [0.1, 0.15) is 0 Å². The van der Waals surface area contributed by atoms with Crippen molar-refractivity contribution in [2.24, 2.45) is 0 Å². The monoisotopic (exact) mass is 298 g/mol. The van der Waals surface area contributed by atoms with Crippen molar-refractivity contribution in [2.75, 3.05) is 0 Å². The molecule has 0 aliphatic carbocycles. The molecule has 0 atom stereocenters. The van der Waals surface area contributed by atoms with Crippen LogP contribution < -0.4 is 0 Å². The van der Waals surface area contributed by atoms with Crippen molar-refractivity contribution in [3.8, 4) is 49.4 Å². The summed E-state index contributed by atoms with van der Waals surface area (Å²) in [5.41, 5.74) is 3.10. The van der Waals surface area contributed by atoms with E-state index in [4.69, 9.17) is 25.7 Å². The fourth-order valence-corrected chi connectivity index (χ4v) is 3.47. The Morgan fingerprint density at radius 1 is 0.458 bits per heavy atom. The van der Waals surface area contributed by atoms with Crippen molar-refractivity contribution in [1.82, 2.24) is 0 Å². The largest absolute Gasteiger partial charge is 0.115 e. The second kappa shape index (κ2) is 4.83. The molecular formula is C24H10. The van der Waals surface area contributed by atoms with E-state index in [0.29, 0.717) is 0 Å². The van der Waals surface area contributed by atoms with Crippen LogP contribution in [-0.4, -0.2) is 0 Å². The van der Waals surface area contributed by atoms with Crippen molar-refractivity contribution >= 4 is 32.3 Å². The minimum atomic E-state index is 0.776. The Morgan fingerprint density at radius 3 is 0.917 bits per heavy atom. The highest BCUT2D eigenvalue weighted by atomic mass is 14.2. The molecule has 4 aromatic rings. The molecule has 0 amide bonds. The van der Waals surface area contributed by atoms with E-state index in [1.54, 1.807) is 0 Å². The van der Waals surface area contributed by atoms with Crippen LogP contribution >= 0.6 is 0 Å². The van der Waals surface area contributed by atoms with Gasteiger partial charge in [-0.2, -0.15) is 0 Å². The molecule has 0 saturated heterocycles. The number of hydrogen-bond donors (Lipinski definition) is 0. The molecule has 0 bridgehead atoms. The number of benzene rings is 4. The van der Waals surface area contributed by atoms with Gasteiger partial charge in [0.05, 0.1) is 0 Å². The van der Waals surface area contributed by atoms with Gasteiger partial charge in [0.15, 0.2) is 0 Å². The number of hydrogen-bond acceptors (Lipinski definition) is 0. The van der Waals surface area contributed by atoms with Gasteiger partial charge in [-0.3, -0.25) is 0 Å². The van der Waals surface area contributed by atoms with Gasteiger partial charge >= 0.3 is 0 Å². The molecule has 0 aliphatic rings. The molecule has 0 N–H and O–H groups in total. The predicted molar refractivity (Wildman–Crippen MR) is 102 cm³/mol. The summed E-state index contributed by atoms with van der Waals surface area (Å²) < 4.78 is 0. The average Bonchev–Trinajstić information content (AvgIpc) is 2.64. The molecule has 0 spiro atoms. The zero-order valence-electron chi connectivity index (χ0n) is 12.8. The van der Waals surface area contributed by atoms with E-state index in [9.17, 15) is 0 Å². The van der Waals surface area contributed by atoms with E-state index in [-0.39, 0.29) is 0 Å². The van der Waals surface area contributed by atoms with Crippen LogP contribution in [0, 0.1) is 49.4 Å². The van der Waals surface area contributed by atoms with Gasteiger partial charge < -0.3 is 0 Å². The lowest BCUT2D eigenvalue weighted by Crippen LogP contribution is -1.93. The maximum atomic E-state index is 5.70. The van der Waals surface area contributed by atoms with Crippen LogP contribution in [0.2, 0.25) is 0 Å². The second-order valence-corrected chi connectivity index (χ2v) is 5.59. The van der Waals surface area contributed by atoms with Crippen molar-refractivity contribution in [2.45, 2.75) is 0 Å². The van der Waals surface area contributed by atoms with Crippen LogP contribution in [0.4, 0.5) is 0 Å². The Kier molecular flexibility index (Phi) is 2.78. The van der Waals surface area contributed by atoms with Crippen molar-refractivity contribution in [3.63, 3.8) is 0 Å². The summed E-state index contributed by atoms with van der Waals surface area (Å²) in [4.78, 5) is 0. The maximum absolute atomic E-state index is 5.70. The SMILES string of the molecule is C#Cc1cc(C#C)c2ccc3c(C#C)cc(C#C)c4ccc1c2c43. The zero-order chi connectivity index (χ0) is 16.8. The van der Waals surface area contributed by atoms with E-state index in [1.807, 2.05) is 36.4 Å². The topological polar surface area (TPSA) is 0 Å². The van der Waals surface area contributed by atoms with Gasteiger partial charge in [0, 0.05) is 22.3 Å². The van der Waals surface area contributed by atoms with Crippen LogP contribution in [-0.2, 0) is 0 Å². The van der Waals surface area contributed by atoms with Gasteiger partial charge in [0.25, 0.3) is 0 Å². The van der Waals surface area contributed by atoms with Crippen LogP contribution in [0.5, 0.6) is 0 Å². The third-order valence-electron chi connectivity index (χ3n) is 4.52. The maximum Gasteiger partial charge on any atom is 0.0334 e. The first-order valence-electron chi connectivity index (χ1n) is 7.38. The minimum absolute atomic E-state index is 0.776. The van der Waals surface area contributed by atoms with Crippen LogP contribution in [0.1, 0.15) is 22.3 Å². The van der Waals surface area contributed by atoms with E-state index >= 15 is 0 Å². The Bertz CT molecular complexity index is 1120. The number of terminal acetylenes is 4. The van der Waals surface area contributed by atoms with Crippen molar-refractivity contribution < 1.29 is 0 Å². The van der Waals surface area contributed by atoms with Gasteiger partial charge in [-0.25, -0.2) is 0 Å². The van der Waals surface area contributed by atoms with Crippen molar-refractivity contribution in [3.05, 3.63) is 58.7 Å². The Morgan fingerprint density at radius 2 is 0.708 bits per heavy atom. The molecule has 0 unspecified atom stereocenters. The lowest BCUT2D eigenvalue weighted by Gasteiger charge is -2.15. The highest BCUT2D eigenvalue weighted by Crippen LogP contribution is 2.39. The van der Waals surface area contributed by atoms with E-state index in [2.05, 4.69) is 23.7 Å². The predicted octanol–water partition coefficient (Wildman–Crippen LogP) is 4.51. The van der Waals surface area contributed by atoms with Crippen LogP contribution in [0.3, 0.4) is 0 Å². The smallest absolute Gasteiger partial charge is 0.0334 e. The quantitative estimate of drug-likeness (QED) is 0.331. The molecule has 106 valence electrons. The highest BCUT2D eigenvalue weighted by molar-refractivity contribution is 6.26. The minimum Gasteiger partial charge on any atom is -0.115 e. The first-order chi connectivity index (χ1) is 11.7. The van der Waals surface area contributed by atoms with E-state index in [1.165, 1.54) is 0 Å². The second-order valence-electron chi connectivity index (χ2n) is 5.59. The summed E-state index contributed by atoms with van der Waals surface area (Å²) in [5, 5.41) is 6.01. The molecule has 0 aliphatic heterocycles. The van der Waals surface area contributed by atoms with E-state index < -0.39 is 0 Å². The van der Waals surface area contributed by atoms with Gasteiger partial charge in [-0.1, -0.05) is 47.9 Å². The molecule has 0 fully saturated rings. The number of rotatable bonds is 0. The van der Waals surface area contributed by atoms with Crippen LogP contribution in [0.25, 0.3) is 32.3 Å². The third-order valence-corrected chi connectivity index (χ3v) is 4.52. The molecule has 0 heteroatoms. The molecule has 0 radical (unpaired) electrons. The Hall–Kier alpha value is -3.84. The Labute approximate surface area is 140 Å². The van der Waals surface area contributed by atoms with Gasteiger partial charge in [-0.15, -0.1) is 25.7 Å². The first-order valence-corrected chi connectivity index (χ1v) is 7.38. The molecule has 0 aromatic heterocycles. The summed E-state index contributed by atoms with van der Waals surface area (Å²) in [6, 6.07) is 11.8. The highest BCUT2D eigenvalue weighted by Gasteiger charge is 2.16. The molecule has 4 aromatic carbocycles. The standard InChI is InChI=1S/C24H10/c1-5-15-13-16(6-2)20-11-12-22-18(8-4)14-17(7-3)21-10-9-19(15)23(20)24(21)22/h1-4,9-14H. The van der Waals surface area contributed by atoms with Crippen molar-refractivity contribution in [1.29, 1.82) is 0 Å². The Balaban J connectivity index is 2.46. The normalized spacial score (nSPS) is 10.3. The summed E-state index contributed by atoms with van der Waals surface area (Å²) in [6.45, 7) is 0. The molecule has 4 rings (SSSR count). The molecule has 0 heterocycles. The molecule has 24 heavy (non-hydrogen) atoms. The fourth-order valence-electron chi connectivity index (χ4n) is 3.47. The average molecular weight is 298 g/mol. The van der Waals surface area contributed by atoms with E-state index in [0.717, 1.165) is 54.6 Å². The summed E-state index contributed by atoms with van der Waals surface area (Å²) in [7, 11) is 0. The molecule has 0 saturated carbocycles. The fraction of sp³-hybridized carbons (Fsp3) is 0. The first kappa shape index (κ1) is 13.8. The molecular weight excluding hydrogens is 288 g/mol. The van der Waals surface area contributed by atoms with Gasteiger partial charge in [0.2, 0.25) is 0 Å².